The first-order valence-corrected chi connectivity index (χ1v) is 15.7. The second-order valence-corrected chi connectivity index (χ2v) is 12.1. The van der Waals surface area contributed by atoms with Gasteiger partial charge in [0.15, 0.2) is 0 Å². The summed E-state index contributed by atoms with van der Waals surface area (Å²) < 4.78 is 10.9. The SMILES string of the molecule is C1=CC(n2c3ccccc3c3cc(-c4ccc5c(c4)c4ccccc4n5-c4ccc5oc6ccccc6c5c4)ccc32)=CCC1. The Balaban J connectivity index is 1.17. The van der Waals surface area contributed by atoms with Crippen molar-refractivity contribution < 1.29 is 4.42 Å². The molecule has 0 N–H and O–H groups in total. The van der Waals surface area contributed by atoms with Gasteiger partial charge in [-0.2, -0.15) is 0 Å². The van der Waals surface area contributed by atoms with E-state index in [1.807, 2.05) is 12.1 Å². The molecular formula is C42H28N2O. The average molecular weight is 577 g/mol. The molecule has 0 saturated heterocycles. The molecule has 0 spiro atoms. The highest BCUT2D eigenvalue weighted by Crippen LogP contribution is 2.39. The fraction of sp³-hybridized carbons (Fsp3) is 0.0476. The summed E-state index contributed by atoms with van der Waals surface area (Å²) in [5.74, 6) is 0. The molecule has 10 rings (SSSR count). The van der Waals surface area contributed by atoms with Gasteiger partial charge in [-0.05, 0) is 90.7 Å². The Kier molecular flexibility index (Phi) is 5.11. The highest BCUT2D eigenvalue weighted by atomic mass is 16.3. The summed E-state index contributed by atoms with van der Waals surface area (Å²) in [5.41, 5.74) is 11.6. The van der Waals surface area contributed by atoms with Gasteiger partial charge in [-0.3, -0.25) is 0 Å². The van der Waals surface area contributed by atoms with E-state index in [1.165, 1.54) is 60.4 Å². The quantitative estimate of drug-likeness (QED) is 0.205. The van der Waals surface area contributed by atoms with Crippen molar-refractivity contribution in [2.45, 2.75) is 12.8 Å². The van der Waals surface area contributed by atoms with Crippen LogP contribution >= 0.6 is 0 Å². The van der Waals surface area contributed by atoms with Crippen LogP contribution in [0.4, 0.5) is 0 Å². The molecule has 0 fully saturated rings. The third-order valence-corrected chi connectivity index (χ3v) is 9.53. The van der Waals surface area contributed by atoms with Crippen LogP contribution in [0.25, 0.3) is 88.1 Å². The topological polar surface area (TPSA) is 23.0 Å². The number of nitrogens with zero attached hydrogens (tertiary/aromatic N) is 2. The highest BCUT2D eigenvalue weighted by molar-refractivity contribution is 6.14. The number of furan rings is 1. The molecule has 3 heterocycles. The van der Waals surface area contributed by atoms with Crippen molar-refractivity contribution in [3.8, 4) is 16.8 Å². The van der Waals surface area contributed by atoms with Gasteiger partial charge in [0.2, 0.25) is 0 Å². The van der Waals surface area contributed by atoms with Gasteiger partial charge in [-0.1, -0.05) is 78.9 Å². The number of hydrogen-bond acceptors (Lipinski definition) is 1. The number of para-hydroxylation sites is 3. The van der Waals surface area contributed by atoms with Gasteiger partial charge < -0.3 is 13.6 Å². The molecule has 212 valence electrons. The summed E-state index contributed by atoms with van der Waals surface area (Å²) in [6.45, 7) is 0. The minimum absolute atomic E-state index is 0.913. The van der Waals surface area contributed by atoms with Gasteiger partial charge >= 0.3 is 0 Å². The van der Waals surface area contributed by atoms with E-state index in [-0.39, 0.29) is 0 Å². The van der Waals surface area contributed by atoms with Crippen LogP contribution in [-0.2, 0) is 0 Å². The molecule has 3 heteroatoms. The summed E-state index contributed by atoms with van der Waals surface area (Å²) in [6, 6.07) is 46.2. The van der Waals surface area contributed by atoms with Crippen molar-refractivity contribution in [1.29, 1.82) is 0 Å². The Labute approximate surface area is 259 Å². The molecule has 6 aromatic carbocycles. The third-order valence-electron chi connectivity index (χ3n) is 9.53. The first kappa shape index (κ1) is 24.6. The maximum Gasteiger partial charge on any atom is 0.135 e. The molecule has 0 unspecified atom stereocenters. The van der Waals surface area contributed by atoms with Crippen LogP contribution in [0.2, 0.25) is 0 Å². The summed E-state index contributed by atoms with van der Waals surface area (Å²) in [4.78, 5) is 0. The van der Waals surface area contributed by atoms with Crippen molar-refractivity contribution in [2.75, 3.05) is 0 Å². The van der Waals surface area contributed by atoms with Crippen LogP contribution in [0.3, 0.4) is 0 Å². The minimum Gasteiger partial charge on any atom is -0.456 e. The van der Waals surface area contributed by atoms with Crippen LogP contribution < -0.4 is 0 Å². The van der Waals surface area contributed by atoms with Crippen LogP contribution in [0.1, 0.15) is 12.8 Å². The predicted octanol–water partition coefficient (Wildman–Crippen LogP) is 11.6. The summed E-state index contributed by atoms with van der Waals surface area (Å²) in [5, 5.41) is 7.35. The van der Waals surface area contributed by atoms with E-state index >= 15 is 0 Å². The van der Waals surface area contributed by atoms with Gasteiger partial charge in [0.05, 0.1) is 22.1 Å². The molecule has 0 atom stereocenters. The Morgan fingerprint density at radius 2 is 1.04 bits per heavy atom. The molecule has 1 aliphatic carbocycles. The number of fused-ring (bicyclic) bond motifs is 9. The molecule has 45 heavy (non-hydrogen) atoms. The van der Waals surface area contributed by atoms with Crippen molar-refractivity contribution >= 4 is 71.2 Å². The maximum absolute atomic E-state index is 6.14. The Bertz CT molecular complexity index is 2710. The lowest BCUT2D eigenvalue weighted by Gasteiger charge is -2.12. The Morgan fingerprint density at radius 1 is 0.444 bits per heavy atom. The lowest BCUT2D eigenvalue weighted by Crippen LogP contribution is -1.96. The van der Waals surface area contributed by atoms with E-state index in [4.69, 9.17) is 4.42 Å². The molecule has 3 aromatic heterocycles. The van der Waals surface area contributed by atoms with Crippen LogP contribution in [0, 0.1) is 0 Å². The number of aromatic nitrogens is 2. The lowest BCUT2D eigenvalue weighted by atomic mass is 10.0. The Hall–Kier alpha value is -5.80. The van der Waals surface area contributed by atoms with Gasteiger partial charge in [0, 0.05) is 43.7 Å². The van der Waals surface area contributed by atoms with E-state index in [2.05, 4.69) is 143 Å². The first-order chi connectivity index (χ1) is 22.3. The molecule has 9 aromatic rings. The van der Waals surface area contributed by atoms with E-state index < -0.39 is 0 Å². The van der Waals surface area contributed by atoms with Crippen LogP contribution in [0.15, 0.2) is 150 Å². The van der Waals surface area contributed by atoms with Gasteiger partial charge in [0.1, 0.15) is 11.2 Å². The molecular weight excluding hydrogens is 548 g/mol. The molecule has 0 radical (unpaired) electrons. The van der Waals surface area contributed by atoms with Crippen LogP contribution in [0.5, 0.6) is 0 Å². The number of benzene rings is 6. The average Bonchev–Trinajstić information content (AvgIpc) is 3.75. The molecule has 0 aliphatic heterocycles. The van der Waals surface area contributed by atoms with Gasteiger partial charge in [0.25, 0.3) is 0 Å². The summed E-state index contributed by atoms with van der Waals surface area (Å²) in [6.07, 6.45) is 9.10. The normalized spacial score (nSPS) is 13.6. The summed E-state index contributed by atoms with van der Waals surface area (Å²) in [7, 11) is 0. The fourth-order valence-electron chi connectivity index (χ4n) is 7.48. The zero-order valence-corrected chi connectivity index (χ0v) is 24.6. The molecule has 0 amide bonds. The van der Waals surface area contributed by atoms with Crippen molar-refractivity contribution in [2.24, 2.45) is 0 Å². The van der Waals surface area contributed by atoms with Gasteiger partial charge in [-0.15, -0.1) is 0 Å². The van der Waals surface area contributed by atoms with Crippen molar-refractivity contribution in [1.82, 2.24) is 9.13 Å². The van der Waals surface area contributed by atoms with Crippen molar-refractivity contribution in [3.05, 3.63) is 146 Å². The number of allylic oxidation sites excluding steroid dienone is 4. The van der Waals surface area contributed by atoms with E-state index in [0.717, 1.165) is 40.5 Å². The minimum atomic E-state index is 0.913. The van der Waals surface area contributed by atoms with E-state index in [1.54, 1.807) is 0 Å². The molecule has 0 saturated carbocycles. The standard InChI is InChI=1S/C42H28N2O/c1-2-10-29(11-3-1)43-37-15-7-4-12-31(37)34-24-27(18-21-39(34)43)28-19-22-40-35(25-28)32-13-5-8-16-38(32)44(40)30-20-23-42-36(26-30)33-14-6-9-17-41(33)45-42/h2,4-26H,1,3H2. The smallest absolute Gasteiger partial charge is 0.135 e. The first-order valence-electron chi connectivity index (χ1n) is 15.7. The maximum atomic E-state index is 6.14. The molecule has 3 nitrogen and oxygen atoms in total. The molecule has 1 aliphatic rings. The summed E-state index contributed by atoms with van der Waals surface area (Å²) >= 11 is 0. The molecule has 0 bridgehead atoms. The fourth-order valence-corrected chi connectivity index (χ4v) is 7.48. The number of rotatable bonds is 3. The Morgan fingerprint density at radius 3 is 1.76 bits per heavy atom. The highest BCUT2D eigenvalue weighted by Gasteiger charge is 2.17. The largest absolute Gasteiger partial charge is 0.456 e. The van der Waals surface area contributed by atoms with Crippen molar-refractivity contribution in [3.63, 3.8) is 0 Å². The zero-order valence-electron chi connectivity index (χ0n) is 24.6. The van der Waals surface area contributed by atoms with Crippen LogP contribution in [-0.4, -0.2) is 9.13 Å². The van der Waals surface area contributed by atoms with E-state index in [0.29, 0.717) is 0 Å². The van der Waals surface area contributed by atoms with E-state index in [9.17, 15) is 0 Å². The third kappa shape index (κ3) is 3.58. The number of hydrogen-bond donors (Lipinski definition) is 0. The second kappa shape index (κ2) is 9.35. The lowest BCUT2D eigenvalue weighted by molar-refractivity contribution is 0.669. The monoisotopic (exact) mass is 576 g/mol. The predicted molar refractivity (Wildman–Crippen MR) is 189 cm³/mol. The zero-order chi connectivity index (χ0) is 29.5. The van der Waals surface area contributed by atoms with Gasteiger partial charge in [-0.25, -0.2) is 0 Å². The second-order valence-electron chi connectivity index (χ2n) is 12.1.